The number of anilines is 1. The summed E-state index contributed by atoms with van der Waals surface area (Å²) in [6, 6.07) is 9.40. The summed E-state index contributed by atoms with van der Waals surface area (Å²) in [5.41, 5.74) is 10.8. The summed E-state index contributed by atoms with van der Waals surface area (Å²) in [5, 5.41) is 0.795. The highest BCUT2D eigenvalue weighted by atomic mass is 16.1. The molecule has 4 heteroatoms. The predicted molar refractivity (Wildman–Crippen MR) is 84.1 cm³/mol. The number of ketones is 1. The number of aryl methyl sites for hydroxylation is 1. The summed E-state index contributed by atoms with van der Waals surface area (Å²) >= 11 is 0. The quantitative estimate of drug-likeness (QED) is 0.729. The Hall–Kier alpha value is -2.75. The molecule has 2 N–H and O–H groups in total. The molecule has 0 aliphatic rings. The van der Waals surface area contributed by atoms with Crippen molar-refractivity contribution in [2.45, 2.75) is 13.8 Å². The largest absolute Gasteiger partial charge is 0.397 e. The van der Waals surface area contributed by atoms with Crippen LogP contribution in [-0.4, -0.2) is 15.8 Å². The minimum Gasteiger partial charge on any atom is -0.397 e. The molecule has 2 heterocycles. The molecule has 3 aromatic rings. The summed E-state index contributed by atoms with van der Waals surface area (Å²) in [6.07, 6.45) is 3.41. The highest BCUT2D eigenvalue weighted by Crippen LogP contribution is 2.29. The van der Waals surface area contributed by atoms with E-state index in [1.54, 1.807) is 19.3 Å². The third-order valence-corrected chi connectivity index (χ3v) is 3.44. The van der Waals surface area contributed by atoms with Gasteiger partial charge in [-0.1, -0.05) is 0 Å². The van der Waals surface area contributed by atoms with Gasteiger partial charge in [-0.25, -0.2) is 4.98 Å². The average Bonchev–Trinajstić information content (AvgIpc) is 2.47. The fraction of sp³-hybridized carbons (Fsp3) is 0.118. The molecule has 0 saturated heterocycles. The van der Waals surface area contributed by atoms with Crippen LogP contribution in [0.4, 0.5) is 5.69 Å². The van der Waals surface area contributed by atoms with Crippen LogP contribution in [-0.2, 0) is 0 Å². The van der Waals surface area contributed by atoms with E-state index in [4.69, 9.17) is 5.73 Å². The first-order chi connectivity index (χ1) is 10.1. The van der Waals surface area contributed by atoms with Crippen LogP contribution in [0.15, 0.2) is 42.7 Å². The molecule has 0 aliphatic heterocycles. The second-order valence-electron chi connectivity index (χ2n) is 5.10. The van der Waals surface area contributed by atoms with Crippen molar-refractivity contribution in [2.75, 3.05) is 5.73 Å². The Balaban J connectivity index is 2.32. The van der Waals surface area contributed by atoms with Crippen molar-refractivity contribution in [3.63, 3.8) is 0 Å². The SMILES string of the molecule is CC(=O)c1cc(C)cc2nc(-c3ccncc3)c(N)cc12. The Labute approximate surface area is 122 Å². The predicted octanol–water partition coefficient (Wildman–Crippen LogP) is 3.39. The summed E-state index contributed by atoms with van der Waals surface area (Å²) in [5.74, 6) is 0.0153. The fourth-order valence-corrected chi connectivity index (χ4v) is 2.46. The summed E-state index contributed by atoms with van der Waals surface area (Å²) in [4.78, 5) is 20.4. The topological polar surface area (TPSA) is 68.9 Å². The van der Waals surface area contributed by atoms with Crippen LogP contribution in [0.3, 0.4) is 0 Å². The number of carbonyl (C=O) groups is 1. The van der Waals surface area contributed by atoms with Crippen LogP contribution in [0.2, 0.25) is 0 Å². The van der Waals surface area contributed by atoms with Crippen molar-refractivity contribution >= 4 is 22.4 Å². The molecule has 4 nitrogen and oxygen atoms in total. The molecule has 0 aliphatic carbocycles. The van der Waals surface area contributed by atoms with Crippen LogP contribution in [0.25, 0.3) is 22.2 Å². The number of Topliss-reactive ketones (excluding diaryl/α,β-unsaturated/α-hetero) is 1. The number of nitrogen functional groups attached to an aromatic ring is 1. The van der Waals surface area contributed by atoms with Gasteiger partial charge in [-0.15, -0.1) is 0 Å². The van der Waals surface area contributed by atoms with Crippen molar-refractivity contribution in [2.24, 2.45) is 0 Å². The molecule has 0 radical (unpaired) electrons. The number of carbonyl (C=O) groups excluding carboxylic acids is 1. The van der Waals surface area contributed by atoms with Gasteiger partial charge in [0.25, 0.3) is 0 Å². The Morgan fingerprint density at radius 1 is 1.14 bits per heavy atom. The Kier molecular flexibility index (Phi) is 3.14. The van der Waals surface area contributed by atoms with Gasteiger partial charge in [0.2, 0.25) is 0 Å². The minimum absolute atomic E-state index is 0.0153. The van der Waals surface area contributed by atoms with E-state index in [1.807, 2.05) is 37.3 Å². The van der Waals surface area contributed by atoms with E-state index in [0.717, 1.165) is 22.0 Å². The number of fused-ring (bicyclic) bond motifs is 1. The van der Waals surface area contributed by atoms with Gasteiger partial charge in [0.15, 0.2) is 5.78 Å². The number of nitrogens with two attached hydrogens (primary N) is 1. The van der Waals surface area contributed by atoms with Crippen LogP contribution < -0.4 is 5.73 Å². The molecule has 104 valence electrons. The zero-order chi connectivity index (χ0) is 15.0. The summed E-state index contributed by atoms with van der Waals surface area (Å²) < 4.78 is 0. The van der Waals surface area contributed by atoms with E-state index in [2.05, 4.69) is 9.97 Å². The van der Waals surface area contributed by atoms with E-state index in [9.17, 15) is 4.79 Å². The molecule has 0 fully saturated rings. The maximum atomic E-state index is 11.8. The lowest BCUT2D eigenvalue weighted by Gasteiger charge is -2.10. The minimum atomic E-state index is 0.0153. The van der Waals surface area contributed by atoms with E-state index in [1.165, 1.54) is 0 Å². The van der Waals surface area contributed by atoms with Crippen LogP contribution in [0, 0.1) is 6.92 Å². The molecule has 0 saturated carbocycles. The fourth-order valence-electron chi connectivity index (χ4n) is 2.46. The summed E-state index contributed by atoms with van der Waals surface area (Å²) in [6.45, 7) is 3.51. The average molecular weight is 277 g/mol. The van der Waals surface area contributed by atoms with Gasteiger partial charge in [0.1, 0.15) is 0 Å². The zero-order valence-corrected chi connectivity index (χ0v) is 11.9. The molecule has 2 aromatic heterocycles. The lowest BCUT2D eigenvalue weighted by atomic mass is 10.0. The number of hydrogen-bond acceptors (Lipinski definition) is 4. The van der Waals surface area contributed by atoms with Gasteiger partial charge < -0.3 is 5.73 Å². The first kappa shape index (κ1) is 13.2. The second kappa shape index (κ2) is 4.98. The van der Waals surface area contributed by atoms with Gasteiger partial charge in [-0.2, -0.15) is 0 Å². The molecule has 0 unspecified atom stereocenters. The highest BCUT2D eigenvalue weighted by molar-refractivity contribution is 6.07. The van der Waals surface area contributed by atoms with E-state index in [0.29, 0.717) is 16.9 Å². The number of pyridine rings is 2. The molecule has 0 spiro atoms. The van der Waals surface area contributed by atoms with Crippen molar-refractivity contribution < 1.29 is 4.79 Å². The Bertz CT molecular complexity index is 842. The normalized spacial score (nSPS) is 10.8. The smallest absolute Gasteiger partial charge is 0.160 e. The van der Waals surface area contributed by atoms with Gasteiger partial charge in [-0.05, 0) is 49.7 Å². The monoisotopic (exact) mass is 277 g/mol. The Morgan fingerprint density at radius 2 is 1.86 bits per heavy atom. The van der Waals surface area contributed by atoms with E-state index < -0.39 is 0 Å². The molecule has 0 atom stereocenters. The second-order valence-corrected chi connectivity index (χ2v) is 5.10. The van der Waals surface area contributed by atoms with E-state index in [-0.39, 0.29) is 5.78 Å². The standard InChI is InChI=1S/C17H15N3O/c1-10-7-13(11(2)21)14-9-15(18)17(20-16(14)8-10)12-3-5-19-6-4-12/h3-9H,18H2,1-2H3. The van der Waals surface area contributed by atoms with Crippen LogP contribution in [0.1, 0.15) is 22.8 Å². The Morgan fingerprint density at radius 3 is 2.52 bits per heavy atom. The molecular formula is C17H15N3O. The first-order valence-electron chi connectivity index (χ1n) is 6.68. The molecule has 0 amide bonds. The van der Waals surface area contributed by atoms with E-state index >= 15 is 0 Å². The van der Waals surface area contributed by atoms with Crippen molar-refractivity contribution in [3.05, 3.63) is 53.9 Å². The number of aromatic nitrogens is 2. The number of hydrogen-bond donors (Lipinski definition) is 1. The van der Waals surface area contributed by atoms with Crippen molar-refractivity contribution in [1.82, 2.24) is 9.97 Å². The maximum Gasteiger partial charge on any atom is 0.160 e. The third kappa shape index (κ3) is 2.36. The lowest BCUT2D eigenvalue weighted by Crippen LogP contribution is -2.00. The van der Waals surface area contributed by atoms with Crippen LogP contribution >= 0.6 is 0 Å². The zero-order valence-electron chi connectivity index (χ0n) is 11.9. The molecule has 21 heavy (non-hydrogen) atoms. The lowest BCUT2D eigenvalue weighted by molar-refractivity contribution is 0.101. The highest BCUT2D eigenvalue weighted by Gasteiger charge is 2.12. The molecular weight excluding hydrogens is 262 g/mol. The van der Waals surface area contributed by atoms with Crippen molar-refractivity contribution in [1.29, 1.82) is 0 Å². The maximum absolute atomic E-state index is 11.8. The van der Waals surface area contributed by atoms with Gasteiger partial charge in [-0.3, -0.25) is 9.78 Å². The van der Waals surface area contributed by atoms with Gasteiger partial charge >= 0.3 is 0 Å². The number of benzene rings is 1. The first-order valence-corrected chi connectivity index (χ1v) is 6.68. The number of rotatable bonds is 2. The molecule has 0 bridgehead atoms. The number of nitrogens with zero attached hydrogens (tertiary/aromatic N) is 2. The summed E-state index contributed by atoms with van der Waals surface area (Å²) in [7, 11) is 0. The molecule has 1 aromatic carbocycles. The molecule has 3 rings (SSSR count). The third-order valence-electron chi connectivity index (χ3n) is 3.44. The van der Waals surface area contributed by atoms with Crippen LogP contribution in [0.5, 0.6) is 0 Å². The van der Waals surface area contributed by atoms with Gasteiger partial charge in [0, 0.05) is 28.9 Å². The van der Waals surface area contributed by atoms with Gasteiger partial charge in [0.05, 0.1) is 16.9 Å². The van der Waals surface area contributed by atoms with Crippen molar-refractivity contribution in [3.8, 4) is 11.3 Å².